The van der Waals surface area contributed by atoms with E-state index in [0.29, 0.717) is 16.5 Å². The van der Waals surface area contributed by atoms with E-state index in [0.717, 1.165) is 5.56 Å². The third-order valence-electron chi connectivity index (χ3n) is 3.94. The van der Waals surface area contributed by atoms with Gasteiger partial charge in [0, 0.05) is 29.1 Å². The minimum absolute atomic E-state index is 0.199. The van der Waals surface area contributed by atoms with Crippen molar-refractivity contribution in [1.82, 2.24) is 4.98 Å². The fourth-order valence-electron chi connectivity index (χ4n) is 2.66. The number of amides is 1. The number of H-pyrrole nitrogens is 1. The molecule has 5 nitrogen and oxygen atoms in total. The van der Waals surface area contributed by atoms with Gasteiger partial charge < -0.3 is 15.4 Å². The molecule has 3 aromatic rings. The van der Waals surface area contributed by atoms with Crippen LogP contribution in [0.2, 0.25) is 0 Å². The van der Waals surface area contributed by atoms with E-state index < -0.39 is 11.5 Å². The zero-order chi connectivity index (χ0) is 17.2. The van der Waals surface area contributed by atoms with Gasteiger partial charge in [-0.2, -0.15) is 0 Å². The van der Waals surface area contributed by atoms with Crippen LogP contribution in [0.25, 0.3) is 10.8 Å². The highest BCUT2D eigenvalue weighted by atomic mass is 16.3. The molecule has 1 aromatic heterocycles. The SMILES string of the molecule is CC(O)(Cc1ccccc1)C(=O)Nc1cccc2c(=O)[nH]ccc12. The Kier molecular flexibility index (Phi) is 4.18. The van der Waals surface area contributed by atoms with Crippen molar-refractivity contribution in [2.24, 2.45) is 0 Å². The number of aromatic nitrogens is 1. The molecule has 1 atom stereocenters. The molecule has 0 aliphatic carbocycles. The summed E-state index contributed by atoms with van der Waals surface area (Å²) < 4.78 is 0. The Hall–Kier alpha value is -2.92. The van der Waals surface area contributed by atoms with Crippen LogP contribution in [0.4, 0.5) is 5.69 Å². The van der Waals surface area contributed by atoms with Crippen molar-refractivity contribution in [3.63, 3.8) is 0 Å². The molecule has 0 aliphatic heterocycles. The quantitative estimate of drug-likeness (QED) is 0.690. The summed E-state index contributed by atoms with van der Waals surface area (Å²) in [4.78, 5) is 27.0. The first kappa shape index (κ1) is 16.0. The van der Waals surface area contributed by atoms with E-state index in [1.807, 2.05) is 30.3 Å². The smallest absolute Gasteiger partial charge is 0.256 e. The number of carbonyl (C=O) groups excluding carboxylic acids is 1. The molecule has 0 bridgehead atoms. The molecule has 3 rings (SSSR count). The zero-order valence-corrected chi connectivity index (χ0v) is 13.2. The molecule has 24 heavy (non-hydrogen) atoms. The molecule has 1 amide bonds. The van der Waals surface area contributed by atoms with Crippen molar-refractivity contribution in [3.05, 3.63) is 76.7 Å². The monoisotopic (exact) mass is 322 g/mol. The second-order valence-corrected chi connectivity index (χ2v) is 5.96. The Morgan fingerprint density at radius 2 is 1.83 bits per heavy atom. The van der Waals surface area contributed by atoms with Gasteiger partial charge in [-0.3, -0.25) is 9.59 Å². The number of hydrogen-bond acceptors (Lipinski definition) is 3. The van der Waals surface area contributed by atoms with Crippen LogP contribution in [0.5, 0.6) is 0 Å². The minimum Gasteiger partial charge on any atom is -0.380 e. The molecular formula is C19H18N2O3. The van der Waals surface area contributed by atoms with Gasteiger partial charge in [-0.25, -0.2) is 0 Å². The third-order valence-corrected chi connectivity index (χ3v) is 3.94. The molecule has 0 saturated carbocycles. The Morgan fingerprint density at radius 3 is 2.58 bits per heavy atom. The number of anilines is 1. The lowest BCUT2D eigenvalue weighted by Gasteiger charge is -2.23. The molecule has 0 saturated heterocycles. The van der Waals surface area contributed by atoms with Gasteiger partial charge in [-0.1, -0.05) is 36.4 Å². The number of hydrogen-bond donors (Lipinski definition) is 3. The van der Waals surface area contributed by atoms with Crippen molar-refractivity contribution in [2.45, 2.75) is 18.9 Å². The summed E-state index contributed by atoms with van der Waals surface area (Å²) in [6.07, 6.45) is 1.73. The average Bonchev–Trinajstić information content (AvgIpc) is 2.56. The van der Waals surface area contributed by atoms with E-state index in [2.05, 4.69) is 10.3 Å². The van der Waals surface area contributed by atoms with Crippen LogP contribution in [-0.2, 0) is 11.2 Å². The van der Waals surface area contributed by atoms with Gasteiger partial charge in [-0.15, -0.1) is 0 Å². The van der Waals surface area contributed by atoms with E-state index in [9.17, 15) is 14.7 Å². The number of aliphatic hydroxyl groups is 1. The summed E-state index contributed by atoms with van der Waals surface area (Å²) in [5.41, 5.74) is -0.423. The zero-order valence-electron chi connectivity index (χ0n) is 13.2. The lowest BCUT2D eigenvalue weighted by atomic mass is 9.95. The van der Waals surface area contributed by atoms with Crippen molar-refractivity contribution in [3.8, 4) is 0 Å². The van der Waals surface area contributed by atoms with Crippen molar-refractivity contribution in [1.29, 1.82) is 0 Å². The molecule has 5 heteroatoms. The molecule has 1 heterocycles. The predicted molar refractivity (Wildman–Crippen MR) is 94.0 cm³/mol. The van der Waals surface area contributed by atoms with E-state index in [-0.39, 0.29) is 12.0 Å². The third kappa shape index (κ3) is 3.21. The Morgan fingerprint density at radius 1 is 1.08 bits per heavy atom. The van der Waals surface area contributed by atoms with Gasteiger partial charge >= 0.3 is 0 Å². The van der Waals surface area contributed by atoms with Gasteiger partial charge in [0.2, 0.25) is 0 Å². The first-order chi connectivity index (χ1) is 11.5. The minimum atomic E-state index is -1.56. The maximum absolute atomic E-state index is 12.5. The van der Waals surface area contributed by atoms with Crippen molar-refractivity contribution >= 4 is 22.4 Å². The number of nitrogens with one attached hydrogen (secondary N) is 2. The molecule has 0 spiro atoms. The second kappa shape index (κ2) is 6.29. The fourth-order valence-corrected chi connectivity index (χ4v) is 2.66. The number of aromatic amines is 1. The van der Waals surface area contributed by atoms with Gasteiger partial charge in [0.1, 0.15) is 5.60 Å². The maximum atomic E-state index is 12.5. The topological polar surface area (TPSA) is 82.2 Å². The van der Waals surface area contributed by atoms with Crippen LogP contribution < -0.4 is 10.9 Å². The highest BCUT2D eigenvalue weighted by molar-refractivity contribution is 6.04. The van der Waals surface area contributed by atoms with E-state index in [1.54, 1.807) is 24.3 Å². The number of rotatable bonds is 4. The van der Waals surface area contributed by atoms with Crippen LogP contribution in [0.15, 0.2) is 65.6 Å². The van der Waals surface area contributed by atoms with E-state index in [1.165, 1.54) is 13.1 Å². The second-order valence-electron chi connectivity index (χ2n) is 5.96. The predicted octanol–water partition coefficient (Wildman–Crippen LogP) is 2.46. The van der Waals surface area contributed by atoms with Crippen LogP contribution in [-0.4, -0.2) is 21.6 Å². The van der Waals surface area contributed by atoms with Crippen LogP contribution in [0.3, 0.4) is 0 Å². The average molecular weight is 322 g/mol. The molecule has 1 unspecified atom stereocenters. The summed E-state index contributed by atoms with van der Waals surface area (Å²) in [6, 6.07) is 16.1. The Balaban J connectivity index is 1.87. The first-order valence-electron chi connectivity index (χ1n) is 7.65. The fraction of sp³-hybridized carbons (Fsp3) is 0.158. The summed E-state index contributed by atoms with van der Waals surface area (Å²) in [5.74, 6) is -0.515. The van der Waals surface area contributed by atoms with Crippen LogP contribution >= 0.6 is 0 Å². The highest BCUT2D eigenvalue weighted by Crippen LogP contribution is 2.22. The number of benzene rings is 2. The number of carbonyl (C=O) groups is 1. The van der Waals surface area contributed by atoms with E-state index >= 15 is 0 Å². The molecule has 122 valence electrons. The normalized spacial score (nSPS) is 13.4. The number of pyridine rings is 1. The lowest BCUT2D eigenvalue weighted by molar-refractivity contribution is -0.132. The maximum Gasteiger partial charge on any atom is 0.256 e. The molecule has 0 radical (unpaired) electrons. The van der Waals surface area contributed by atoms with Crippen LogP contribution in [0.1, 0.15) is 12.5 Å². The van der Waals surface area contributed by atoms with Crippen molar-refractivity contribution < 1.29 is 9.90 Å². The molecule has 0 aliphatic rings. The van der Waals surface area contributed by atoms with Gasteiger partial charge in [0.15, 0.2) is 0 Å². The Labute approximate surface area is 139 Å². The summed E-state index contributed by atoms with van der Waals surface area (Å²) in [5, 5.41) is 14.4. The largest absolute Gasteiger partial charge is 0.380 e. The first-order valence-corrected chi connectivity index (χ1v) is 7.65. The molecule has 0 fully saturated rings. The van der Waals surface area contributed by atoms with Crippen LogP contribution in [0, 0.1) is 0 Å². The summed E-state index contributed by atoms with van der Waals surface area (Å²) >= 11 is 0. The highest BCUT2D eigenvalue weighted by Gasteiger charge is 2.30. The lowest BCUT2D eigenvalue weighted by Crippen LogP contribution is -2.42. The number of fused-ring (bicyclic) bond motifs is 1. The van der Waals surface area contributed by atoms with Gasteiger partial charge in [0.25, 0.3) is 11.5 Å². The Bertz CT molecular complexity index is 930. The molecule has 2 aromatic carbocycles. The van der Waals surface area contributed by atoms with Crippen molar-refractivity contribution in [2.75, 3.05) is 5.32 Å². The molecule has 3 N–H and O–H groups in total. The molecular weight excluding hydrogens is 304 g/mol. The van der Waals surface area contributed by atoms with Gasteiger partial charge in [0.05, 0.1) is 0 Å². The van der Waals surface area contributed by atoms with Gasteiger partial charge in [-0.05, 0) is 30.7 Å². The standard InChI is InChI=1S/C19H18N2O3/c1-19(24,12-13-6-3-2-4-7-13)18(23)21-16-9-5-8-15-14(16)10-11-20-17(15)22/h2-11,24H,12H2,1H3,(H,20,22)(H,21,23). The van der Waals surface area contributed by atoms with E-state index in [4.69, 9.17) is 0 Å². The summed E-state index contributed by atoms with van der Waals surface area (Å²) in [7, 11) is 0. The summed E-state index contributed by atoms with van der Waals surface area (Å²) in [6.45, 7) is 1.48.